The first kappa shape index (κ1) is 11.2. The summed E-state index contributed by atoms with van der Waals surface area (Å²) in [6, 6.07) is 0. The highest BCUT2D eigenvalue weighted by Crippen LogP contribution is 2.14. The monoisotopic (exact) mass is 170 g/mol. The summed E-state index contributed by atoms with van der Waals surface area (Å²) in [7, 11) is 0. The number of hydrogen-bond acceptors (Lipinski definition) is 1. The zero-order chi connectivity index (χ0) is 9.72. The molecule has 0 aliphatic heterocycles. The van der Waals surface area contributed by atoms with Gasteiger partial charge in [0.05, 0.1) is 5.92 Å². The minimum atomic E-state index is -0.718. The van der Waals surface area contributed by atoms with Crippen LogP contribution in [0.2, 0.25) is 0 Å². The second kappa shape index (κ2) is 4.96. The molecular formula is C10H18O2. The molecule has 70 valence electrons. The fraction of sp³-hybridized carbons (Fsp3) is 0.700. The maximum Gasteiger partial charge on any atom is 0.310 e. The molecule has 1 unspecified atom stereocenters. The van der Waals surface area contributed by atoms with E-state index >= 15 is 0 Å². The molecule has 0 radical (unpaired) electrons. The number of allylic oxidation sites excluding steroid dienone is 1. The molecule has 0 heterocycles. The van der Waals surface area contributed by atoms with Gasteiger partial charge in [-0.05, 0) is 26.2 Å². The Labute approximate surface area is 74.3 Å². The molecule has 0 saturated heterocycles. The zero-order valence-corrected chi connectivity index (χ0v) is 8.29. The highest BCUT2D eigenvalue weighted by atomic mass is 16.4. The van der Waals surface area contributed by atoms with E-state index in [0.29, 0.717) is 5.92 Å². The van der Waals surface area contributed by atoms with Crippen LogP contribution >= 0.6 is 0 Å². The van der Waals surface area contributed by atoms with Crippen LogP contribution in [0.15, 0.2) is 11.6 Å². The molecule has 2 heteroatoms. The first-order valence-corrected chi connectivity index (χ1v) is 4.31. The van der Waals surface area contributed by atoms with Crippen LogP contribution in [0.4, 0.5) is 0 Å². The fourth-order valence-corrected chi connectivity index (χ4v) is 1.15. The minimum absolute atomic E-state index is 0.310. The van der Waals surface area contributed by atoms with Crippen molar-refractivity contribution in [2.24, 2.45) is 11.8 Å². The van der Waals surface area contributed by atoms with Crippen LogP contribution in [0.1, 0.15) is 34.1 Å². The van der Waals surface area contributed by atoms with Crippen molar-refractivity contribution in [3.8, 4) is 0 Å². The highest BCUT2D eigenvalue weighted by molar-refractivity contribution is 5.72. The average molecular weight is 170 g/mol. The Morgan fingerprint density at radius 3 is 2.17 bits per heavy atom. The topological polar surface area (TPSA) is 37.3 Å². The molecule has 0 aromatic rings. The Morgan fingerprint density at radius 2 is 1.92 bits per heavy atom. The van der Waals surface area contributed by atoms with Crippen molar-refractivity contribution in [3.63, 3.8) is 0 Å². The zero-order valence-electron chi connectivity index (χ0n) is 8.29. The molecule has 0 aromatic carbocycles. The van der Waals surface area contributed by atoms with Gasteiger partial charge in [-0.15, -0.1) is 0 Å². The molecule has 0 aliphatic carbocycles. The van der Waals surface area contributed by atoms with Gasteiger partial charge >= 0.3 is 5.97 Å². The number of carboxylic acid groups (broad SMARTS) is 1. The highest BCUT2D eigenvalue weighted by Gasteiger charge is 2.15. The van der Waals surface area contributed by atoms with Gasteiger partial charge in [-0.2, -0.15) is 0 Å². The molecule has 2 nitrogen and oxygen atoms in total. The summed E-state index contributed by atoms with van der Waals surface area (Å²) in [5, 5.41) is 8.83. The minimum Gasteiger partial charge on any atom is -0.481 e. The lowest BCUT2D eigenvalue weighted by molar-refractivity contribution is -0.140. The second-order valence-electron chi connectivity index (χ2n) is 3.82. The number of hydrogen-bond donors (Lipinski definition) is 1. The van der Waals surface area contributed by atoms with Gasteiger partial charge in [0, 0.05) is 0 Å². The lowest BCUT2D eigenvalue weighted by Gasteiger charge is -2.10. The van der Waals surface area contributed by atoms with Crippen molar-refractivity contribution in [1.29, 1.82) is 0 Å². The third-order valence-electron chi connectivity index (χ3n) is 1.58. The molecular weight excluding hydrogens is 152 g/mol. The van der Waals surface area contributed by atoms with Gasteiger partial charge in [-0.1, -0.05) is 25.5 Å². The molecule has 0 rings (SSSR count). The van der Waals surface area contributed by atoms with E-state index in [0.717, 1.165) is 12.0 Å². The van der Waals surface area contributed by atoms with Crippen molar-refractivity contribution in [1.82, 2.24) is 0 Å². The van der Waals surface area contributed by atoms with Crippen LogP contribution in [-0.2, 0) is 4.79 Å². The van der Waals surface area contributed by atoms with Crippen LogP contribution in [0.25, 0.3) is 0 Å². The first-order valence-electron chi connectivity index (χ1n) is 4.31. The molecule has 0 aliphatic rings. The molecule has 0 amide bonds. The van der Waals surface area contributed by atoms with Crippen LogP contribution < -0.4 is 0 Å². The lowest BCUT2D eigenvalue weighted by atomic mass is 9.95. The van der Waals surface area contributed by atoms with Crippen LogP contribution in [0.3, 0.4) is 0 Å². The molecule has 1 N–H and O–H groups in total. The smallest absolute Gasteiger partial charge is 0.310 e. The molecule has 1 atom stereocenters. The molecule has 0 saturated carbocycles. The third-order valence-corrected chi connectivity index (χ3v) is 1.58. The molecule has 0 aromatic heterocycles. The summed E-state index contributed by atoms with van der Waals surface area (Å²) in [6.45, 7) is 7.93. The van der Waals surface area contributed by atoms with E-state index in [1.54, 1.807) is 0 Å². The maximum absolute atomic E-state index is 10.7. The Morgan fingerprint density at radius 1 is 1.42 bits per heavy atom. The van der Waals surface area contributed by atoms with Crippen molar-refractivity contribution in [2.45, 2.75) is 34.1 Å². The van der Waals surface area contributed by atoms with Crippen molar-refractivity contribution < 1.29 is 9.90 Å². The number of carbonyl (C=O) groups is 1. The van der Waals surface area contributed by atoms with Crippen molar-refractivity contribution >= 4 is 5.97 Å². The summed E-state index contributed by atoms with van der Waals surface area (Å²) in [5.74, 6) is -0.596. The molecule has 12 heavy (non-hydrogen) atoms. The largest absolute Gasteiger partial charge is 0.481 e. The van der Waals surface area contributed by atoms with E-state index < -0.39 is 5.97 Å². The van der Waals surface area contributed by atoms with E-state index in [1.165, 1.54) is 0 Å². The molecule has 0 spiro atoms. The van der Waals surface area contributed by atoms with Crippen LogP contribution in [0.5, 0.6) is 0 Å². The number of rotatable bonds is 4. The predicted octanol–water partition coefficient (Wildman–Crippen LogP) is 2.70. The van der Waals surface area contributed by atoms with Crippen LogP contribution in [-0.4, -0.2) is 11.1 Å². The lowest BCUT2D eigenvalue weighted by Crippen LogP contribution is -2.13. The number of aliphatic carboxylic acids is 1. The van der Waals surface area contributed by atoms with Gasteiger partial charge in [-0.25, -0.2) is 0 Å². The first-order chi connectivity index (χ1) is 5.43. The quantitative estimate of drug-likeness (QED) is 0.659. The molecule has 0 fully saturated rings. The maximum atomic E-state index is 10.7. The summed E-state index contributed by atoms with van der Waals surface area (Å²) in [5.41, 5.74) is 1.07. The van der Waals surface area contributed by atoms with Gasteiger partial charge in [0.1, 0.15) is 0 Å². The Bertz CT molecular complexity index is 176. The predicted molar refractivity (Wildman–Crippen MR) is 50.0 cm³/mol. The Kier molecular flexibility index (Phi) is 4.64. The van der Waals surface area contributed by atoms with Crippen molar-refractivity contribution in [2.75, 3.05) is 0 Å². The summed E-state index contributed by atoms with van der Waals surface area (Å²) >= 11 is 0. The third kappa shape index (κ3) is 4.94. The average Bonchev–Trinajstić information content (AvgIpc) is 1.83. The van der Waals surface area contributed by atoms with Crippen molar-refractivity contribution in [3.05, 3.63) is 11.6 Å². The van der Waals surface area contributed by atoms with E-state index in [2.05, 4.69) is 0 Å². The van der Waals surface area contributed by atoms with E-state index in [9.17, 15) is 4.79 Å². The van der Waals surface area contributed by atoms with Gasteiger partial charge < -0.3 is 5.11 Å². The van der Waals surface area contributed by atoms with Gasteiger partial charge in [0.25, 0.3) is 0 Å². The van der Waals surface area contributed by atoms with Gasteiger partial charge in [-0.3, -0.25) is 4.79 Å². The Hall–Kier alpha value is -0.790. The van der Waals surface area contributed by atoms with Crippen LogP contribution in [0, 0.1) is 11.8 Å². The summed E-state index contributed by atoms with van der Waals surface area (Å²) < 4.78 is 0. The summed E-state index contributed by atoms with van der Waals surface area (Å²) in [4.78, 5) is 10.7. The Balaban J connectivity index is 4.25. The normalized spacial score (nSPS) is 12.8. The molecule has 0 bridgehead atoms. The fourth-order valence-electron chi connectivity index (χ4n) is 1.15. The SMILES string of the molecule is CC(C)=CC(CC(C)C)C(=O)O. The van der Waals surface area contributed by atoms with E-state index in [4.69, 9.17) is 5.11 Å². The van der Waals surface area contributed by atoms with Gasteiger partial charge in [0.2, 0.25) is 0 Å². The summed E-state index contributed by atoms with van der Waals surface area (Å²) in [6.07, 6.45) is 2.54. The number of carboxylic acids is 1. The standard InChI is InChI=1S/C10H18O2/c1-7(2)5-9(10(11)12)6-8(3)4/h5,8-9H,6H2,1-4H3,(H,11,12). The van der Waals surface area contributed by atoms with Gasteiger partial charge in [0.15, 0.2) is 0 Å². The van der Waals surface area contributed by atoms with E-state index in [-0.39, 0.29) is 5.92 Å². The second-order valence-corrected chi connectivity index (χ2v) is 3.82. The van der Waals surface area contributed by atoms with E-state index in [1.807, 2.05) is 33.8 Å².